The number of ether oxygens (including phenoxy) is 1. The fourth-order valence-corrected chi connectivity index (χ4v) is 3.09. The van der Waals surface area contributed by atoms with Crippen molar-refractivity contribution in [3.8, 4) is 0 Å². The maximum absolute atomic E-state index is 11.8. The summed E-state index contributed by atoms with van der Waals surface area (Å²) in [7, 11) is -4.45. The first-order valence-corrected chi connectivity index (χ1v) is 8.80. The molecular formula is C12H17N2O10P. The number of aliphatic carboxylic acids is 1. The lowest BCUT2D eigenvalue weighted by atomic mass is 10.1. The molecule has 0 amide bonds. The highest BCUT2D eigenvalue weighted by Gasteiger charge is 2.45. The Morgan fingerprint density at radius 1 is 1.40 bits per heavy atom. The molecule has 1 fully saturated rings. The molecule has 0 saturated carbocycles. The molecule has 1 saturated heterocycles. The van der Waals surface area contributed by atoms with E-state index in [1.807, 2.05) is 4.98 Å². The van der Waals surface area contributed by atoms with Crippen molar-refractivity contribution in [3.63, 3.8) is 0 Å². The van der Waals surface area contributed by atoms with E-state index in [0.717, 1.165) is 10.8 Å². The van der Waals surface area contributed by atoms with Crippen LogP contribution >= 0.6 is 7.60 Å². The van der Waals surface area contributed by atoms with Gasteiger partial charge in [-0.3, -0.25) is 23.7 Å². The monoisotopic (exact) mass is 380 g/mol. The molecule has 5 N–H and O–H groups in total. The van der Waals surface area contributed by atoms with Crippen LogP contribution in [0.25, 0.3) is 0 Å². The second-order valence-electron chi connectivity index (χ2n) is 5.51. The lowest BCUT2D eigenvalue weighted by Crippen LogP contribution is -2.38. The Balaban J connectivity index is 2.15. The van der Waals surface area contributed by atoms with Gasteiger partial charge in [-0.1, -0.05) is 0 Å². The van der Waals surface area contributed by atoms with Gasteiger partial charge in [0.25, 0.3) is 5.56 Å². The first kappa shape index (κ1) is 19.5. The number of aliphatic hydroxyl groups excluding tert-OH is 2. The molecule has 5 atom stereocenters. The van der Waals surface area contributed by atoms with Gasteiger partial charge in [-0.2, -0.15) is 0 Å². The lowest BCUT2D eigenvalue weighted by molar-refractivity contribution is -0.134. The number of carbonyl (C=O) groups is 1. The predicted molar refractivity (Wildman–Crippen MR) is 80.3 cm³/mol. The van der Waals surface area contributed by atoms with Crippen LogP contribution in [0, 0.1) is 6.92 Å². The van der Waals surface area contributed by atoms with Crippen LogP contribution in [-0.2, 0) is 18.6 Å². The number of aromatic amines is 1. The molecule has 0 aliphatic carbocycles. The fourth-order valence-electron chi connectivity index (χ4n) is 2.28. The Hall–Kier alpha value is -1.82. The highest BCUT2D eigenvalue weighted by molar-refractivity contribution is 7.53. The normalized spacial score (nSPS) is 28.6. The number of nitrogens with one attached hydrogen (secondary N) is 1. The van der Waals surface area contributed by atoms with E-state index < -0.39 is 62.1 Å². The smallest absolute Gasteiger partial charge is 0.339 e. The van der Waals surface area contributed by atoms with Crippen molar-refractivity contribution < 1.29 is 38.8 Å². The zero-order valence-corrected chi connectivity index (χ0v) is 13.8. The number of hydrogen-bond donors (Lipinski definition) is 5. The maximum Gasteiger partial charge on any atom is 0.339 e. The van der Waals surface area contributed by atoms with Crippen molar-refractivity contribution in [3.05, 3.63) is 32.6 Å². The van der Waals surface area contributed by atoms with Crippen LogP contribution in [-0.4, -0.2) is 66.8 Å². The SMILES string of the molecule is Cc1cn([C@@H]2O[C@H](COP(=O)(O)CC(=O)O)[C@@H](O)[C@@H]2O)c(=O)[nH]c1=O. The molecule has 25 heavy (non-hydrogen) atoms. The van der Waals surface area contributed by atoms with Gasteiger partial charge in [0.2, 0.25) is 0 Å². The third-order valence-electron chi connectivity index (χ3n) is 3.53. The molecule has 0 bridgehead atoms. The molecule has 1 aromatic heterocycles. The summed E-state index contributed by atoms with van der Waals surface area (Å²) in [5, 5.41) is 28.5. The zero-order chi connectivity index (χ0) is 18.9. The molecule has 140 valence electrons. The van der Waals surface area contributed by atoms with Crippen LogP contribution in [0.15, 0.2) is 15.8 Å². The quantitative estimate of drug-likeness (QED) is 0.337. The van der Waals surface area contributed by atoms with Crippen LogP contribution in [0.1, 0.15) is 11.8 Å². The van der Waals surface area contributed by atoms with E-state index in [2.05, 4.69) is 4.52 Å². The standard InChI is InChI=1S/C12H17N2O10P/c1-5-2-14(12(20)13-10(5)19)11-9(18)8(17)6(24-11)3-23-25(21,22)4-7(15)16/h2,6,8-9,11,17-18H,3-4H2,1H3,(H,15,16)(H,21,22)(H,13,19,20)/t6-,8-,9+,11-/m1/s1. The van der Waals surface area contributed by atoms with Crippen molar-refractivity contribution >= 4 is 13.6 Å². The highest BCUT2D eigenvalue weighted by atomic mass is 31.2. The van der Waals surface area contributed by atoms with E-state index >= 15 is 0 Å². The Bertz CT molecular complexity index is 817. The number of carboxylic acids is 1. The summed E-state index contributed by atoms with van der Waals surface area (Å²) in [6, 6.07) is 0. The average molecular weight is 380 g/mol. The summed E-state index contributed by atoms with van der Waals surface area (Å²) in [6.07, 6.45) is -5.84. The molecule has 12 nitrogen and oxygen atoms in total. The van der Waals surface area contributed by atoms with Gasteiger partial charge >= 0.3 is 19.3 Å². The minimum absolute atomic E-state index is 0.158. The van der Waals surface area contributed by atoms with Crippen LogP contribution < -0.4 is 11.2 Å². The van der Waals surface area contributed by atoms with Gasteiger partial charge in [-0.25, -0.2) is 4.79 Å². The maximum atomic E-state index is 11.8. The first-order chi connectivity index (χ1) is 11.5. The molecule has 1 aliphatic rings. The molecule has 0 aromatic carbocycles. The summed E-state index contributed by atoms with van der Waals surface area (Å²) in [5.74, 6) is -1.55. The second kappa shape index (κ2) is 7.20. The summed E-state index contributed by atoms with van der Waals surface area (Å²) < 4.78 is 22.2. The Labute approximate surface area is 139 Å². The first-order valence-electron chi connectivity index (χ1n) is 7.03. The number of carboxylic acid groups (broad SMARTS) is 1. The molecule has 1 aromatic rings. The molecule has 13 heteroatoms. The van der Waals surface area contributed by atoms with E-state index in [0.29, 0.717) is 0 Å². The number of nitrogens with zero attached hydrogens (tertiary/aromatic N) is 1. The number of rotatable bonds is 6. The lowest BCUT2D eigenvalue weighted by Gasteiger charge is -2.17. The third-order valence-corrected chi connectivity index (χ3v) is 4.76. The van der Waals surface area contributed by atoms with Gasteiger partial charge in [0, 0.05) is 11.8 Å². The van der Waals surface area contributed by atoms with Gasteiger partial charge in [-0.15, -0.1) is 0 Å². The van der Waals surface area contributed by atoms with Crippen molar-refractivity contribution in [1.29, 1.82) is 0 Å². The van der Waals surface area contributed by atoms with Gasteiger partial charge in [0.15, 0.2) is 6.23 Å². The van der Waals surface area contributed by atoms with Gasteiger partial charge in [0.1, 0.15) is 24.5 Å². The molecular weight excluding hydrogens is 363 g/mol. The minimum atomic E-state index is -4.45. The number of aromatic nitrogens is 2. The molecule has 2 rings (SSSR count). The van der Waals surface area contributed by atoms with E-state index in [4.69, 9.17) is 9.84 Å². The number of aryl methyl sites for hydroxylation is 1. The third kappa shape index (κ3) is 4.42. The van der Waals surface area contributed by atoms with Gasteiger partial charge in [-0.05, 0) is 6.92 Å². The Kier molecular flexibility index (Phi) is 5.62. The van der Waals surface area contributed by atoms with Crippen LogP contribution in [0.2, 0.25) is 0 Å². The van der Waals surface area contributed by atoms with Crippen molar-refractivity contribution in [1.82, 2.24) is 9.55 Å². The summed E-state index contributed by atoms with van der Waals surface area (Å²) in [5.41, 5.74) is -1.35. The topological polar surface area (TPSA) is 188 Å². The van der Waals surface area contributed by atoms with Crippen molar-refractivity contribution in [2.45, 2.75) is 31.5 Å². The molecule has 1 aliphatic heterocycles. The van der Waals surface area contributed by atoms with Crippen molar-refractivity contribution in [2.75, 3.05) is 12.8 Å². The Morgan fingerprint density at radius 2 is 2.04 bits per heavy atom. The summed E-state index contributed by atoms with van der Waals surface area (Å²) in [6.45, 7) is 0.730. The Morgan fingerprint density at radius 3 is 2.64 bits per heavy atom. The van der Waals surface area contributed by atoms with Gasteiger partial charge in [0.05, 0.1) is 6.61 Å². The molecule has 1 unspecified atom stereocenters. The molecule has 0 spiro atoms. The van der Waals surface area contributed by atoms with Crippen LogP contribution in [0.5, 0.6) is 0 Å². The number of H-pyrrole nitrogens is 1. The zero-order valence-electron chi connectivity index (χ0n) is 12.9. The minimum Gasteiger partial charge on any atom is -0.481 e. The predicted octanol–water partition coefficient (Wildman–Crippen LogP) is -2.25. The second-order valence-corrected chi connectivity index (χ2v) is 7.36. The van der Waals surface area contributed by atoms with E-state index in [1.165, 1.54) is 6.92 Å². The summed E-state index contributed by atoms with van der Waals surface area (Å²) >= 11 is 0. The summed E-state index contributed by atoms with van der Waals surface area (Å²) in [4.78, 5) is 45.0. The molecule has 0 radical (unpaired) electrons. The van der Waals surface area contributed by atoms with E-state index in [9.17, 15) is 34.1 Å². The van der Waals surface area contributed by atoms with Gasteiger partial charge < -0.3 is 29.5 Å². The van der Waals surface area contributed by atoms with E-state index in [1.54, 1.807) is 0 Å². The average Bonchev–Trinajstić information content (AvgIpc) is 2.76. The fraction of sp³-hybridized carbons (Fsp3) is 0.583. The van der Waals surface area contributed by atoms with Crippen molar-refractivity contribution in [2.24, 2.45) is 0 Å². The van der Waals surface area contributed by atoms with Crippen LogP contribution in [0.3, 0.4) is 0 Å². The number of aliphatic hydroxyl groups is 2. The highest BCUT2D eigenvalue weighted by Crippen LogP contribution is 2.42. The van der Waals surface area contributed by atoms with E-state index in [-0.39, 0.29) is 5.56 Å². The van der Waals surface area contributed by atoms with Crippen LogP contribution in [0.4, 0.5) is 0 Å². The largest absolute Gasteiger partial charge is 0.481 e. The molecule has 2 heterocycles. The number of hydrogen-bond acceptors (Lipinski definition) is 8.